The zero-order valence-corrected chi connectivity index (χ0v) is 11.5. The number of halogens is 1. The molecule has 2 aromatic rings. The van der Waals surface area contributed by atoms with E-state index >= 15 is 0 Å². The van der Waals surface area contributed by atoms with Gasteiger partial charge in [0.05, 0.1) is 17.0 Å². The van der Waals surface area contributed by atoms with Crippen molar-refractivity contribution in [1.29, 1.82) is 0 Å². The van der Waals surface area contributed by atoms with Gasteiger partial charge in [-0.05, 0) is 25.0 Å². The second kappa shape index (κ2) is 5.25. The van der Waals surface area contributed by atoms with Gasteiger partial charge in [0.15, 0.2) is 11.0 Å². The molecule has 20 heavy (non-hydrogen) atoms. The highest BCUT2D eigenvalue weighted by Gasteiger charge is 2.27. The minimum atomic E-state index is -0.764. The molecule has 104 valence electrons. The Bertz CT molecular complexity index is 662. The van der Waals surface area contributed by atoms with Crippen LogP contribution in [-0.4, -0.2) is 34.1 Å². The van der Waals surface area contributed by atoms with E-state index in [-0.39, 0.29) is 5.92 Å². The number of anilines is 1. The van der Waals surface area contributed by atoms with Crippen LogP contribution >= 0.6 is 11.6 Å². The molecule has 2 heterocycles. The van der Waals surface area contributed by atoms with E-state index in [0.29, 0.717) is 23.9 Å². The fourth-order valence-electron chi connectivity index (χ4n) is 2.54. The molecule has 0 saturated carbocycles. The summed E-state index contributed by atoms with van der Waals surface area (Å²) in [6.07, 6.45) is 1.52. The molecule has 1 aliphatic heterocycles. The summed E-state index contributed by atoms with van der Waals surface area (Å²) in [6, 6.07) is 7.51. The third kappa shape index (κ3) is 2.41. The van der Waals surface area contributed by atoms with Gasteiger partial charge in [0.1, 0.15) is 0 Å². The Labute approximate surface area is 121 Å². The van der Waals surface area contributed by atoms with Crippen molar-refractivity contribution in [3.05, 3.63) is 29.4 Å². The molecule has 0 unspecified atom stereocenters. The molecule has 1 saturated heterocycles. The van der Waals surface area contributed by atoms with Crippen molar-refractivity contribution in [2.24, 2.45) is 5.92 Å². The second-order valence-electron chi connectivity index (χ2n) is 4.95. The highest BCUT2D eigenvalue weighted by atomic mass is 35.5. The van der Waals surface area contributed by atoms with Crippen LogP contribution in [0.3, 0.4) is 0 Å². The number of aliphatic carboxylic acids is 1. The van der Waals surface area contributed by atoms with Gasteiger partial charge >= 0.3 is 5.97 Å². The lowest BCUT2D eigenvalue weighted by Gasteiger charge is -2.31. The Morgan fingerprint density at radius 3 is 2.70 bits per heavy atom. The van der Waals surface area contributed by atoms with Gasteiger partial charge in [0, 0.05) is 13.1 Å². The summed E-state index contributed by atoms with van der Waals surface area (Å²) in [5.41, 5.74) is 1.51. The molecule has 0 aliphatic carbocycles. The number of carbonyl (C=O) groups is 1. The summed E-state index contributed by atoms with van der Waals surface area (Å²) in [5, 5.41) is 9.48. The number of carboxylic acids is 1. The summed E-state index contributed by atoms with van der Waals surface area (Å²) >= 11 is 6.20. The lowest BCUT2D eigenvalue weighted by molar-refractivity contribution is -0.141. The fourth-order valence-corrected chi connectivity index (χ4v) is 2.79. The van der Waals surface area contributed by atoms with E-state index in [2.05, 4.69) is 9.97 Å². The Balaban J connectivity index is 1.96. The molecule has 3 rings (SSSR count). The van der Waals surface area contributed by atoms with Crippen LogP contribution in [-0.2, 0) is 4.79 Å². The quantitative estimate of drug-likeness (QED) is 0.921. The van der Waals surface area contributed by atoms with Crippen LogP contribution in [0.1, 0.15) is 12.8 Å². The number of aromatic nitrogens is 2. The van der Waals surface area contributed by atoms with Crippen LogP contribution < -0.4 is 4.90 Å². The predicted molar refractivity (Wildman–Crippen MR) is 77.1 cm³/mol. The number of hydrogen-bond donors (Lipinski definition) is 1. The molecule has 1 aromatic heterocycles. The van der Waals surface area contributed by atoms with Gasteiger partial charge in [-0.2, -0.15) is 0 Å². The molecular weight excluding hydrogens is 278 g/mol. The lowest BCUT2D eigenvalue weighted by Crippen LogP contribution is -2.39. The van der Waals surface area contributed by atoms with Gasteiger partial charge in [-0.3, -0.25) is 4.79 Å². The molecule has 0 spiro atoms. The number of hydrogen-bond acceptors (Lipinski definition) is 4. The van der Waals surface area contributed by atoms with Crippen LogP contribution in [0, 0.1) is 5.92 Å². The first-order chi connectivity index (χ1) is 9.65. The van der Waals surface area contributed by atoms with Gasteiger partial charge < -0.3 is 10.0 Å². The highest BCUT2D eigenvalue weighted by molar-refractivity contribution is 6.32. The van der Waals surface area contributed by atoms with E-state index < -0.39 is 5.97 Å². The maximum absolute atomic E-state index is 11.1. The summed E-state index contributed by atoms with van der Waals surface area (Å²) in [7, 11) is 0. The van der Waals surface area contributed by atoms with Crippen LogP contribution in [0.4, 0.5) is 5.82 Å². The normalized spacial score (nSPS) is 19.2. The first-order valence-electron chi connectivity index (χ1n) is 6.55. The van der Waals surface area contributed by atoms with Crippen molar-refractivity contribution in [2.45, 2.75) is 12.8 Å². The van der Waals surface area contributed by atoms with Crippen LogP contribution in [0.15, 0.2) is 24.3 Å². The van der Waals surface area contributed by atoms with Gasteiger partial charge in [0.25, 0.3) is 0 Å². The lowest BCUT2D eigenvalue weighted by atomic mass is 9.98. The van der Waals surface area contributed by atoms with E-state index in [1.165, 1.54) is 0 Å². The van der Waals surface area contributed by atoms with E-state index in [4.69, 9.17) is 16.7 Å². The summed E-state index contributed by atoms with van der Waals surface area (Å²) in [6.45, 7) is 1.19. The Morgan fingerprint density at radius 2 is 2.00 bits per heavy atom. The van der Waals surface area contributed by atoms with E-state index in [9.17, 15) is 4.79 Å². The standard InChI is InChI=1S/C14H14ClN3O2/c15-12-13(17-11-6-2-1-5-10(11)16-12)18-7-3-4-9(8-18)14(19)20/h1-2,5-6,9H,3-4,7-8H2,(H,19,20)/t9-/m0/s1. The molecule has 1 fully saturated rings. The van der Waals surface area contributed by atoms with Gasteiger partial charge in [0.2, 0.25) is 0 Å². The summed E-state index contributed by atoms with van der Waals surface area (Å²) in [4.78, 5) is 21.9. The van der Waals surface area contributed by atoms with Crippen molar-refractivity contribution in [3.63, 3.8) is 0 Å². The average molecular weight is 292 g/mol. The Kier molecular flexibility index (Phi) is 3.44. The van der Waals surface area contributed by atoms with Gasteiger partial charge in [-0.15, -0.1) is 0 Å². The monoisotopic (exact) mass is 291 g/mol. The van der Waals surface area contributed by atoms with Crippen LogP contribution in [0.25, 0.3) is 11.0 Å². The molecule has 1 atom stereocenters. The smallest absolute Gasteiger partial charge is 0.308 e. The SMILES string of the molecule is O=C(O)[C@H]1CCCN(c2nc3ccccc3nc2Cl)C1. The van der Waals surface area contributed by atoms with E-state index in [1.54, 1.807) is 0 Å². The number of carboxylic acid groups (broad SMARTS) is 1. The fraction of sp³-hybridized carbons (Fsp3) is 0.357. The number of para-hydroxylation sites is 2. The largest absolute Gasteiger partial charge is 0.481 e. The maximum Gasteiger partial charge on any atom is 0.308 e. The van der Waals surface area contributed by atoms with Crippen molar-refractivity contribution in [1.82, 2.24) is 9.97 Å². The molecule has 1 aromatic carbocycles. The molecule has 0 radical (unpaired) electrons. The van der Waals surface area contributed by atoms with Crippen molar-refractivity contribution < 1.29 is 9.90 Å². The topological polar surface area (TPSA) is 66.3 Å². The maximum atomic E-state index is 11.1. The summed E-state index contributed by atoms with van der Waals surface area (Å²) < 4.78 is 0. The molecule has 6 heteroatoms. The molecule has 5 nitrogen and oxygen atoms in total. The van der Waals surface area contributed by atoms with Crippen molar-refractivity contribution >= 4 is 34.4 Å². The average Bonchev–Trinajstić information content (AvgIpc) is 2.46. The Hall–Kier alpha value is -1.88. The molecular formula is C14H14ClN3O2. The molecule has 1 N–H and O–H groups in total. The first kappa shape index (κ1) is 13.1. The number of nitrogens with zero attached hydrogens (tertiary/aromatic N) is 3. The number of piperidine rings is 1. The van der Waals surface area contributed by atoms with E-state index in [0.717, 1.165) is 24.0 Å². The van der Waals surface area contributed by atoms with Crippen LogP contribution in [0.2, 0.25) is 5.15 Å². The molecule has 0 bridgehead atoms. The minimum Gasteiger partial charge on any atom is -0.481 e. The number of rotatable bonds is 2. The predicted octanol–water partition coefficient (Wildman–Crippen LogP) is 2.58. The first-order valence-corrected chi connectivity index (χ1v) is 6.93. The van der Waals surface area contributed by atoms with Crippen LogP contribution in [0.5, 0.6) is 0 Å². The third-order valence-corrected chi connectivity index (χ3v) is 3.83. The van der Waals surface area contributed by atoms with Crippen molar-refractivity contribution in [3.8, 4) is 0 Å². The van der Waals surface area contributed by atoms with Gasteiger partial charge in [-0.25, -0.2) is 9.97 Å². The Morgan fingerprint density at radius 1 is 1.30 bits per heavy atom. The minimum absolute atomic E-state index is 0.328. The van der Waals surface area contributed by atoms with E-state index in [1.807, 2.05) is 29.2 Å². The molecule has 0 amide bonds. The second-order valence-corrected chi connectivity index (χ2v) is 5.31. The third-order valence-electron chi connectivity index (χ3n) is 3.58. The van der Waals surface area contributed by atoms with Gasteiger partial charge in [-0.1, -0.05) is 23.7 Å². The molecule has 1 aliphatic rings. The number of benzene rings is 1. The summed E-state index contributed by atoms with van der Waals surface area (Å²) in [5.74, 6) is -0.552. The number of fused-ring (bicyclic) bond motifs is 1. The highest BCUT2D eigenvalue weighted by Crippen LogP contribution is 2.28. The zero-order chi connectivity index (χ0) is 14.1. The zero-order valence-electron chi connectivity index (χ0n) is 10.8. The van der Waals surface area contributed by atoms with Crippen molar-refractivity contribution in [2.75, 3.05) is 18.0 Å².